The molecule has 4 aromatic rings. The Morgan fingerprint density at radius 3 is 2.54 bits per heavy atom. The van der Waals surface area contributed by atoms with Gasteiger partial charge in [-0.2, -0.15) is 4.68 Å². The summed E-state index contributed by atoms with van der Waals surface area (Å²) in [4.78, 5) is 24.8. The number of carbonyl (C=O) groups excluding carboxylic acids is 1. The van der Waals surface area contributed by atoms with E-state index in [-0.39, 0.29) is 16.1 Å². The van der Waals surface area contributed by atoms with E-state index < -0.39 is 28.3 Å². The van der Waals surface area contributed by atoms with Crippen LogP contribution in [-0.4, -0.2) is 42.6 Å². The van der Waals surface area contributed by atoms with Crippen molar-refractivity contribution in [3.63, 3.8) is 0 Å². The van der Waals surface area contributed by atoms with Crippen LogP contribution in [0.3, 0.4) is 0 Å². The van der Waals surface area contributed by atoms with Crippen molar-refractivity contribution in [2.75, 3.05) is 17.9 Å². The van der Waals surface area contributed by atoms with E-state index in [0.717, 1.165) is 4.68 Å². The second-order valence-electron chi connectivity index (χ2n) is 7.46. The summed E-state index contributed by atoms with van der Waals surface area (Å²) in [6.07, 6.45) is 0. The van der Waals surface area contributed by atoms with E-state index in [2.05, 4.69) is 15.0 Å². The summed E-state index contributed by atoms with van der Waals surface area (Å²) in [5.74, 6) is 0.121. The van der Waals surface area contributed by atoms with Crippen molar-refractivity contribution in [1.82, 2.24) is 15.0 Å². The van der Waals surface area contributed by atoms with Gasteiger partial charge in [-0.05, 0) is 48.5 Å². The molecule has 11 nitrogen and oxygen atoms in total. The topological polar surface area (TPSA) is 139 Å². The molecule has 0 radical (unpaired) electrons. The average Bonchev–Trinajstić information content (AvgIpc) is 2.88. The fourth-order valence-electron chi connectivity index (χ4n) is 3.39. The van der Waals surface area contributed by atoms with E-state index in [9.17, 15) is 18.0 Å². The second-order valence-corrected chi connectivity index (χ2v) is 9.14. The van der Waals surface area contributed by atoms with Crippen LogP contribution in [0.1, 0.15) is 10.4 Å². The van der Waals surface area contributed by atoms with Crippen LogP contribution >= 0.6 is 0 Å². The van der Waals surface area contributed by atoms with E-state index in [1.807, 2.05) is 0 Å². The van der Waals surface area contributed by atoms with E-state index in [0.29, 0.717) is 35.6 Å². The van der Waals surface area contributed by atoms with E-state index >= 15 is 0 Å². The number of anilines is 1. The third kappa shape index (κ3) is 4.64. The highest BCUT2D eigenvalue weighted by Gasteiger charge is 2.20. The molecule has 0 saturated heterocycles. The summed E-state index contributed by atoms with van der Waals surface area (Å²) < 4.78 is 44.9. The standard InChI is InChI=1S/C23H18N4O7S/c28-22-18-3-1-2-4-19(18)24-26-27(22)14-34-23(29)15-5-7-16(8-6-15)25-35(30,31)17-9-10-20-21(13-17)33-12-11-32-20/h1-10,13,25H,11-12,14H2. The predicted octanol–water partition coefficient (Wildman–Crippen LogP) is 2.18. The minimum absolute atomic E-state index is 0.00664. The lowest BCUT2D eigenvalue weighted by Crippen LogP contribution is -2.26. The molecule has 35 heavy (non-hydrogen) atoms. The zero-order chi connectivity index (χ0) is 24.4. The van der Waals surface area contributed by atoms with Gasteiger partial charge in [0.2, 0.25) is 0 Å². The van der Waals surface area contributed by atoms with E-state index in [1.165, 1.54) is 42.5 Å². The maximum Gasteiger partial charge on any atom is 0.339 e. The van der Waals surface area contributed by atoms with Gasteiger partial charge >= 0.3 is 5.97 Å². The Balaban J connectivity index is 1.25. The predicted molar refractivity (Wildman–Crippen MR) is 124 cm³/mol. The van der Waals surface area contributed by atoms with Crippen LogP contribution < -0.4 is 19.8 Å². The summed E-state index contributed by atoms with van der Waals surface area (Å²) in [6.45, 7) is 0.316. The van der Waals surface area contributed by atoms with E-state index in [4.69, 9.17) is 14.2 Å². The van der Waals surface area contributed by atoms with Crippen LogP contribution in [0.2, 0.25) is 0 Å². The monoisotopic (exact) mass is 494 g/mol. The molecule has 0 bridgehead atoms. The number of benzene rings is 3. The number of aromatic nitrogens is 3. The highest BCUT2D eigenvalue weighted by Crippen LogP contribution is 2.32. The highest BCUT2D eigenvalue weighted by molar-refractivity contribution is 7.92. The highest BCUT2D eigenvalue weighted by atomic mass is 32.2. The number of nitrogens with zero attached hydrogens (tertiary/aromatic N) is 3. The van der Waals surface area contributed by atoms with Crippen LogP contribution in [0.4, 0.5) is 5.69 Å². The molecule has 0 spiro atoms. The first-order chi connectivity index (χ1) is 16.9. The Hall–Kier alpha value is -4.45. The molecule has 5 rings (SSSR count). The molecular formula is C23H18N4O7S. The van der Waals surface area contributed by atoms with Crippen molar-refractivity contribution in [1.29, 1.82) is 0 Å². The average molecular weight is 494 g/mol. The molecule has 2 heterocycles. The summed E-state index contributed by atoms with van der Waals surface area (Å²) in [6, 6.07) is 16.7. The molecular weight excluding hydrogens is 476 g/mol. The van der Waals surface area contributed by atoms with Gasteiger partial charge in [0.25, 0.3) is 15.6 Å². The molecule has 1 aliphatic heterocycles. The van der Waals surface area contributed by atoms with Crippen LogP contribution in [0, 0.1) is 0 Å². The summed E-state index contributed by atoms with van der Waals surface area (Å²) in [5.41, 5.74) is 0.406. The normalized spacial score (nSPS) is 12.8. The zero-order valence-corrected chi connectivity index (χ0v) is 18.9. The molecule has 3 aromatic carbocycles. The summed E-state index contributed by atoms with van der Waals surface area (Å²) >= 11 is 0. The van der Waals surface area contributed by atoms with Gasteiger partial charge < -0.3 is 14.2 Å². The largest absolute Gasteiger partial charge is 0.486 e. The molecule has 178 valence electrons. The molecule has 0 atom stereocenters. The summed E-state index contributed by atoms with van der Waals surface area (Å²) in [5, 5.41) is 8.05. The van der Waals surface area contributed by atoms with Crippen molar-refractivity contribution in [3.8, 4) is 11.5 Å². The number of nitrogens with one attached hydrogen (secondary N) is 1. The molecule has 0 fully saturated rings. The number of fused-ring (bicyclic) bond motifs is 2. The minimum Gasteiger partial charge on any atom is -0.486 e. The van der Waals surface area contributed by atoms with Gasteiger partial charge in [-0.15, -0.1) is 5.10 Å². The van der Waals surface area contributed by atoms with Gasteiger partial charge in [-0.1, -0.05) is 17.3 Å². The molecule has 0 saturated carbocycles. The SMILES string of the molecule is O=C(OCn1nnc2ccccc2c1=O)c1ccc(NS(=O)(=O)c2ccc3c(c2)OCCO3)cc1. The van der Waals surface area contributed by atoms with Gasteiger partial charge in [-0.3, -0.25) is 9.52 Å². The third-order valence-electron chi connectivity index (χ3n) is 5.14. The van der Waals surface area contributed by atoms with Gasteiger partial charge in [0, 0.05) is 11.8 Å². The number of hydrogen-bond donors (Lipinski definition) is 1. The molecule has 1 aliphatic rings. The molecule has 0 amide bonds. The second kappa shape index (κ2) is 9.06. The fraction of sp³-hybridized carbons (Fsp3) is 0.130. The number of esters is 1. The maximum atomic E-state index is 12.7. The lowest BCUT2D eigenvalue weighted by atomic mass is 10.2. The Morgan fingerprint density at radius 1 is 1.00 bits per heavy atom. The molecule has 0 unspecified atom stereocenters. The Kier molecular flexibility index (Phi) is 5.79. The Labute approximate surface area is 198 Å². The molecule has 0 aliphatic carbocycles. The first kappa shape index (κ1) is 22.3. The number of carbonyl (C=O) groups is 1. The van der Waals surface area contributed by atoms with Crippen LogP contribution in [0.15, 0.2) is 76.4 Å². The smallest absolute Gasteiger partial charge is 0.339 e. The lowest BCUT2D eigenvalue weighted by Gasteiger charge is -2.19. The van der Waals surface area contributed by atoms with E-state index in [1.54, 1.807) is 24.3 Å². The molecule has 12 heteroatoms. The first-order valence-corrected chi connectivity index (χ1v) is 11.9. The first-order valence-electron chi connectivity index (χ1n) is 10.4. The Morgan fingerprint density at radius 2 is 1.74 bits per heavy atom. The van der Waals surface area contributed by atoms with Crippen molar-refractivity contribution in [3.05, 3.63) is 82.6 Å². The molecule has 1 aromatic heterocycles. The lowest BCUT2D eigenvalue weighted by molar-refractivity contribution is 0.0336. The van der Waals surface area contributed by atoms with Gasteiger partial charge in [0.1, 0.15) is 18.7 Å². The van der Waals surface area contributed by atoms with Gasteiger partial charge in [0.05, 0.1) is 15.8 Å². The maximum absolute atomic E-state index is 12.7. The van der Waals surface area contributed by atoms with Crippen LogP contribution in [0.25, 0.3) is 10.9 Å². The number of ether oxygens (including phenoxy) is 3. The third-order valence-corrected chi connectivity index (χ3v) is 6.52. The van der Waals surface area contributed by atoms with Gasteiger partial charge in [-0.25, -0.2) is 13.2 Å². The summed E-state index contributed by atoms with van der Waals surface area (Å²) in [7, 11) is -3.90. The van der Waals surface area contributed by atoms with Crippen molar-refractivity contribution >= 4 is 32.6 Å². The molecule has 1 N–H and O–H groups in total. The number of hydrogen-bond acceptors (Lipinski definition) is 9. The van der Waals surface area contributed by atoms with Crippen molar-refractivity contribution in [2.24, 2.45) is 0 Å². The van der Waals surface area contributed by atoms with Gasteiger partial charge in [0.15, 0.2) is 18.2 Å². The number of rotatable bonds is 6. The van der Waals surface area contributed by atoms with Crippen LogP contribution in [0.5, 0.6) is 11.5 Å². The van der Waals surface area contributed by atoms with Crippen molar-refractivity contribution < 1.29 is 27.4 Å². The Bertz CT molecular complexity index is 1580. The number of sulfonamides is 1. The minimum atomic E-state index is -3.90. The van der Waals surface area contributed by atoms with Crippen molar-refractivity contribution in [2.45, 2.75) is 11.6 Å². The zero-order valence-electron chi connectivity index (χ0n) is 18.1. The fourth-order valence-corrected chi connectivity index (χ4v) is 4.46. The van der Waals surface area contributed by atoms with Crippen LogP contribution in [-0.2, 0) is 21.5 Å². The quantitative estimate of drug-likeness (QED) is 0.400.